The Morgan fingerprint density at radius 3 is 2.25 bits per heavy atom. The van der Waals surface area contributed by atoms with E-state index < -0.39 is 0 Å². The maximum Gasteiger partial charge on any atom is 0.225 e. The third-order valence-electron chi connectivity index (χ3n) is 6.63. The van der Waals surface area contributed by atoms with Gasteiger partial charge in [0.15, 0.2) is 11.5 Å². The third kappa shape index (κ3) is 5.56. The number of carbonyl (C=O) groups is 1. The van der Waals surface area contributed by atoms with Gasteiger partial charge in [0.25, 0.3) is 0 Å². The summed E-state index contributed by atoms with van der Waals surface area (Å²) in [6.45, 7) is 0.395. The maximum absolute atomic E-state index is 12.9. The fourth-order valence-electron chi connectivity index (χ4n) is 4.72. The number of nitrogens with one attached hydrogen (secondary N) is 2. The highest BCUT2D eigenvalue weighted by molar-refractivity contribution is 5.90. The molecule has 192 valence electrons. The van der Waals surface area contributed by atoms with E-state index in [0.29, 0.717) is 29.7 Å². The van der Waals surface area contributed by atoms with Gasteiger partial charge < -0.3 is 29.7 Å². The Hall–Kier alpha value is -3.75. The molecule has 0 spiro atoms. The van der Waals surface area contributed by atoms with Crippen LogP contribution in [0.15, 0.2) is 36.4 Å². The largest absolute Gasteiger partial charge is 0.493 e. The monoisotopic (exact) mass is 493 g/mol. The Kier molecular flexibility index (Phi) is 7.97. The zero-order chi connectivity index (χ0) is 25.7. The Balaban J connectivity index is 1.34. The van der Waals surface area contributed by atoms with Crippen LogP contribution in [0.3, 0.4) is 0 Å². The number of benzene rings is 2. The van der Waals surface area contributed by atoms with E-state index in [9.17, 15) is 4.79 Å². The van der Waals surface area contributed by atoms with Gasteiger partial charge in [-0.3, -0.25) is 4.79 Å². The van der Waals surface area contributed by atoms with Crippen LogP contribution in [-0.4, -0.2) is 57.3 Å². The van der Waals surface area contributed by atoms with Crippen molar-refractivity contribution in [3.8, 4) is 17.2 Å². The summed E-state index contributed by atoms with van der Waals surface area (Å²) in [6, 6.07) is 12.0. The number of rotatable bonds is 9. The summed E-state index contributed by atoms with van der Waals surface area (Å²) >= 11 is 0. The number of amides is 1. The summed E-state index contributed by atoms with van der Waals surface area (Å²) in [5.41, 5.74) is 1.80. The van der Waals surface area contributed by atoms with Gasteiger partial charge in [0.2, 0.25) is 17.6 Å². The average Bonchev–Trinajstić information content (AvgIpc) is 2.90. The fraction of sp³-hybridized carbons (Fsp3) is 0.444. The van der Waals surface area contributed by atoms with E-state index in [1.165, 1.54) is 0 Å². The van der Waals surface area contributed by atoms with Crippen molar-refractivity contribution in [2.45, 2.75) is 38.3 Å². The third-order valence-corrected chi connectivity index (χ3v) is 6.63. The molecule has 1 aliphatic rings. The van der Waals surface area contributed by atoms with Crippen LogP contribution in [0.4, 0.5) is 11.8 Å². The molecule has 1 amide bonds. The molecule has 9 heteroatoms. The average molecular weight is 494 g/mol. The van der Waals surface area contributed by atoms with Gasteiger partial charge in [0.05, 0.1) is 26.8 Å². The summed E-state index contributed by atoms with van der Waals surface area (Å²) in [4.78, 5) is 24.3. The molecule has 1 aromatic heterocycles. The van der Waals surface area contributed by atoms with Gasteiger partial charge in [-0.15, -0.1) is 0 Å². The molecule has 0 bridgehead atoms. The summed E-state index contributed by atoms with van der Waals surface area (Å²) in [6.07, 6.45) is 3.39. The summed E-state index contributed by atoms with van der Waals surface area (Å²) in [7, 11) is 8.70. The lowest BCUT2D eigenvalue weighted by Gasteiger charge is -2.29. The number of hydrogen-bond acceptors (Lipinski definition) is 8. The number of aromatic nitrogens is 2. The molecule has 3 aromatic rings. The van der Waals surface area contributed by atoms with E-state index in [-0.39, 0.29) is 17.9 Å². The van der Waals surface area contributed by atoms with Gasteiger partial charge in [0.1, 0.15) is 5.82 Å². The van der Waals surface area contributed by atoms with Crippen LogP contribution in [0.2, 0.25) is 0 Å². The Labute approximate surface area is 212 Å². The molecule has 1 saturated carbocycles. The van der Waals surface area contributed by atoms with Crippen LogP contribution in [0.25, 0.3) is 10.9 Å². The number of hydrogen-bond donors (Lipinski definition) is 2. The molecule has 2 N–H and O–H groups in total. The van der Waals surface area contributed by atoms with Gasteiger partial charge >= 0.3 is 0 Å². The second kappa shape index (κ2) is 11.3. The van der Waals surface area contributed by atoms with E-state index in [4.69, 9.17) is 24.2 Å². The van der Waals surface area contributed by atoms with Crippen LogP contribution in [0, 0.1) is 5.92 Å². The minimum absolute atomic E-state index is 0.0139. The number of anilines is 2. The normalized spacial score (nSPS) is 17.4. The first-order valence-electron chi connectivity index (χ1n) is 12.2. The first kappa shape index (κ1) is 25.3. The van der Waals surface area contributed by atoms with Crippen molar-refractivity contribution >= 4 is 28.6 Å². The summed E-state index contributed by atoms with van der Waals surface area (Å²) in [5.74, 6) is 3.26. The Morgan fingerprint density at radius 2 is 1.64 bits per heavy atom. The number of para-hydroxylation sites is 1. The van der Waals surface area contributed by atoms with Crippen molar-refractivity contribution in [3.05, 3.63) is 42.0 Å². The molecule has 0 radical (unpaired) electrons. The second-order valence-corrected chi connectivity index (χ2v) is 9.23. The van der Waals surface area contributed by atoms with Gasteiger partial charge in [-0.2, -0.15) is 4.98 Å². The van der Waals surface area contributed by atoms with Crippen molar-refractivity contribution in [1.29, 1.82) is 0 Å². The first-order chi connectivity index (χ1) is 17.4. The SMILES string of the molecule is COc1cc(CNC(=O)[C@H]2CC[C@@H](Nc3nc(N(C)C)c4ccccc4n3)CC2)cc(OC)c1OC. The van der Waals surface area contributed by atoms with Crippen LogP contribution >= 0.6 is 0 Å². The van der Waals surface area contributed by atoms with E-state index in [1.807, 2.05) is 55.4 Å². The van der Waals surface area contributed by atoms with Crippen LogP contribution in [0.5, 0.6) is 17.2 Å². The molecule has 4 rings (SSSR count). The van der Waals surface area contributed by atoms with Crippen molar-refractivity contribution in [2.24, 2.45) is 5.92 Å². The lowest BCUT2D eigenvalue weighted by atomic mass is 9.85. The van der Waals surface area contributed by atoms with Crippen molar-refractivity contribution in [1.82, 2.24) is 15.3 Å². The predicted molar refractivity (Wildman–Crippen MR) is 141 cm³/mol. The number of ether oxygens (including phenoxy) is 3. The number of fused-ring (bicyclic) bond motifs is 1. The zero-order valence-electron chi connectivity index (χ0n) is 21.6. The molecule has 0 saturated heterocycles. The molecule has 1 aliphatic carbocycles. The lowest BCUT2D eigenvalue weighted by molar-refractivity contribution is -0.126. The van der Waals surface area contributed by atoms with Gasteiger partial charge in [0, 0.05) is 38.0 Å². The van der Waals surface area contributed by atoms with E-state index >= 15 is 0 Å². The summed E-state index contributed by atoms with van der Waals surface area (Å²) in [5, 5.41) is 7.60. The van der Waals surface area contributed by atoms with Crippen LogP contribution in [-0.2, 0) is 11.3 Å². The minimum atomic E-state index is -0.0139. The minimum Gasteiger partial charge on any atom is -0.493 e. The molecule has 0 aliphatic heterocycles. The Bertz CT molecular complexity index is 1180. The van der Waals surface area contributed by atoms with Crippen LogP contribution < -0.4 is 29.7 Å². The highest BCUT2D eigenvalue weighted by atomic mass is 16.5. The van der Waals surface area contributed by atoms with Crippen LogP contribution in [0.1, 0.15) is 31.2 Å². The summed E-state index contributed by atoms with van der Waals surface area (Å²) < 4.78 is 16.2. The number of nitrogens with zero attached hydrogens (tertiary/aromatic N) is 3. The highest BCUT2D eigenvalue weighted by Crippen LogP contribution is 2.38. The highest BCUT2D eigenvalue weighted by Gasteiger charge is 2.27. The van der Waals surface area contributed by atoms with E-state index in [1.54, 1.807) is 21.3 Å². The molecule has 1 fully saturated rings. The zero-order valence-corrected chi connectivity index (χ0v) is 21.6. The smallest absolute Gasteiger partial charge is 0.225 e. The van der Waals surface area contributed by atoms with Gasteiger partial charge in [-0.05, 0) is 55.5 Å². The van der Waals surface area contributed by atoms with Crippen molar-refractivity contribution in [2.75, 3.05) is 45.6 Å². The quantitative estimate of drug-likeness (QED) is 0.462. The molecule has 36 heavy (non-hydrogen) atoms. The van der Waals surface area contributed by atoms with Gasteiger partial charge in [-0.1, -0.05) is 12.1 Å². The lowest BCUT2D eigenvalue weighted by Crippen LogP contribution is -2.36. The number of carbonyl (C=O) groups excluding carboxylic acids is 1. The van der Waals surface area contributed by atoms with Crippen molar-refractivity contribution < 1.29 is 19.0 Å². The first-order valence-corrected chi connectivity index (χ1v) is 12.2. The number of methoxy groups -OCH3 is 3. The standard InChI is InChI=1S/C27H35N5O4/c1-32(2)25-20-8-6-7-9-21(20)30-27(31-25)29-19-12-10-18(11-13-19)26(33)28-16-17-14-22(34-3)24(36-5)23(15-17)35-4/h6-9,14-15,18-19H,10-13,16H2,1-5H3,(H,28,33)(H,29,30,31)/t18-,19+. The van der Waals surface area contributed by atoms with E-state index in [0.717, 1.165) is 48.0 Å². The predicted octanol–water partition coefficient (Wildman–Crippen LogP) is 4.01. The molecule has 9 nitrogen and oxygen atoms in total. The van der Waals surface area contributed by atoms with E-state index in [2.05, 4.69) is 10.6 Å². The maximum atomic E-state index is 12.9. The molecule has 1 heterocycles. The molecular weight excluding hydrogens is 458 g/mol. The second-order valence-electron chi connectivity index (χ2n) is 9.23. The van der Waals surface area contributed by atoms with Gasteiger partial charge in [-0.25, -0.2) is 4.98 Å². The molecule has 0 unspecified atom stereocenters. The fourth-order valence-corrected chi connectivity index (χ4v) is 4.72. The Morgan fingerprint density at radius 1 is 0.972 bits per heavy atom. The molecule has 2 aromatic carbocycles. The molecular formula is C27H35N5O4. The topological polar surface area (TPSA) is 97.8 Å². The van der Waals surface area contributed by atoms with Crippen molar-refractivity contribution in [3.63, 3.8) is 0 Å². The molecule has 0 atom stereocenters.